The lowest BCUT2D eigenvalue weighted by molar-refractivity contribution is 0.0652. The van der Waals surface area contributed by atoms with Crippen LogP contribution in [0.25, 0.3) is 0 Å². The first kappa shape index (κ1) is 12.6. The Morgan fingerprint density at radius 2 is 2.11 bits per heavy atom. The van der Waals surface area contributed by atoms with E-state index in [2.05, 4.69) is 26.2 Å². The molecule has 6 nitrogen and oxygen atoms in total. The number of nitrogens with zero attached hydrogens (tertiary/aromatic N) is 3. The van der Waals surface area contributed by atoms with Gasteiger partial charge >= 0.3 is 0 Å². The Kier molecular flexibility index (Phi) is 3.95. The molecule has 2 heterocycles. The Bertz CT molecular complexity index is 430. The average molecular weight is 247 g/mol. The van der Waals surface area contributed by atoms with Crippen LogP contribution in [-0.4, -0.2) is 34.2 Å². The van der Waals surface area contributed by atoms with Gasteiger partial charge in [-0.2, -0.15) is 15.0 Å². The number of anilines is 2. The highest BCUT2D eigenvalue weighted by atomic mass is 16.5. The maximum atomic E-state index is 5.58. The smallest absolute Gasteiger partial charge is 0.228 e. The predicted octanol–water partition coefficient (Wildman–Crippen LogP) is 0.603. The molecule has 1 fully saturated rings. The molecule has 1 unspecified atom stereocenters. The van der Waals surface area contributed by atoms with Gasteiger partial charge in [-0.25, -0.2) is 0 Å². The van der Waals surface area contributed by atoms with Crippen molar-refractivity contribution in [3.05, 3.63) is 5.82 Å². The van der Waals surface area contributed by atoms with Crippen LogP contribution in [0.4, 0.5) is 11.9 Å². The van der Waals surface area contributed by atoms with Gasteiger partial charge in [-0.15, -0.1) is 6.42 Å². The monoisotopic (exact) mass is 247 g/mol. The van der Waals surface area contributed by atoms with E-state index < -0.39 is 0 Å². The SMILES string of the molecule is C#CC(Nc1nc(C)nc(N)n1)C1CCOCC1. The summed E-state index contributed by atoms with van der Waals surface area (Å²) in [7, 11) is 0. The van der Waals surface area contributed by atoms with E-state index >= 15 is 0 Å². The highest BCUT2D eigenvalue weighted by molar-refractivity contribution is 5.34. The Balaban J connectivity index is 2.07. The summed E-state index contributed by atoms with van der Waals surface area (Å²) in [6.07, 6.45) is 7.46. The second-order valence-corrected chi connectivity index (χ2v) is 4.30. The molecule has 1 atom stereocenters. The van der Waals surface area contributed by atoms with Crippen LogP contribution in [0.15, 0.2) is 0 Å². The molecule has 1 aliphatic rings. The van der Waals surface area contributed by atoms with E-state index in [1.807, 2.05) is 0 Å². The number of aromatic nitrogens is 3. The first-order valence-electron chi connectivity index (χ1n) is 5.97. The molecule has 0 aromatic carbocycles. The molecule has 0 amide bonds. The molecule has 0 spiro atoms. The quantitative estimate of drug-likeness (QED) is 0.761. The first-order valence-corrected chi connectivity index (χ1v) is 5.97. The van der Waals surface area contributed by atoms with Crippen LogP contribution < -0.4 is 11.1 Å². The van der Waals surface area contributed by atoms with Crippen LogP contribution in [0.5, 0.6) is 0 Å². The maximum absolute atomic E-state index is 5.58. The van der Waals surface area contributed by atoms with Crippen molar-refractivity contribution in [3.8, 4) is 12.3 Å². The summed E-state index contributed by atoms with van der Waals surface area (Å²) in [5.74, 6) is 4.35. The van der Waals surface area contributed by atoms with Crippen LogP contribution in [0.1, 0.15) is 18.7 Å². The molecule has 18 heavy (non-hydrogen) atoms. The van der Waals surface area contributed by atoms with Crippen molar-refractivity contribution in [2.24, 2.45) is 5.92 Å². The van der Waals surface area contributed by atoms with Gasteiger partial charge < -0.3 is 15.8 Å². The first-order chi connectivity index (χ1) is 8.69. The van der Waals surface area contributed by atoms with E-state index in [4.69, 9.17) is 16.9 Å². The average Bonchev–Trinajstić information content (AvgIpc) is 2.36. The topological polar surface area (TPSA) is 86.0 Å². The molecular weight excluding hydrogens is 230 g/mol. The van der Waals surface area contributed by atoms with E-state index in [0.717, 1.165) is 26.1 Å². The third-order valence-electron chi connectivity index (χ3n) is 2.97. The van der Waals surface area contributed by atoms with Gasteiger partial charge in [-0.1, -0.05) is 5.92 Å². The lowest BCUT2D eigenvalue weighted by Crippen LogP contribution is -2.33. The molecule has 1 saturated heterocycles. The number of nitrogens with one attached hydrogen (secondary N) is 1. The number of aryl methyl sites for hydroxylation is 1. The number of hydrogen-bond acceptors (Lipinski definition) is 6. The molecule has 0 aliphatic carbocycles. The summed E-state index contributed by atoms with van der Waals surface area (Å²) < 4.78 is 5.33. The highest BCUT2D eigenvalue weighted by Crippen LogP contribution is 2.20. The second kappa shape index (κ2) is 5.65. The zero-order valence-corrected chi connectivity index (χ0v) is 10.4. The summed E-state index contributed by atoms with van der Waals surface area (Å²) in [4.78, 5) is 12.1. The van der Waals surface area contributed by atoms with Crippen molar-refractivity contribution < 1.29 is 4.74 Å². The zero-order valence-electron chi connectivity index (χ0n) is 10.4. The molecule has 0 bridgehead atoms. The molecule has 0 saturated carbocycles. The van der Waals surface area contributed by atoms with Crippen molar-refractivity contribution in [2.75, 3.05) is 24.3 Å². The van der Waals surface area contributed by atoms with Gasteiger partial charge in [-0.3, -0.25) is 0 Å². The van der Waals surface area contributed by atoms with Gasteiger partial charge in [0.15, 0.2) is 0 Å². The number of terminal acetylenes is 1. The van der Waals surface area contributed by atoms with Gasteiger partial charge in [0, 0.05) is 13.2 Å². The number of nitrogen functional groups attached to an aromatic ring is 1. The normalized spacial score (nSPS) is 18.0. The van der Waals surface area contributed by atoms with Gasteiger partial charge in [-0.05, 0) is 25.7 Å². The van der Waals surface area contributed by atoms with Gasteiger partial charge in [0.2, 0.25) is 11.9 Å². The lowest BCUT2D eigenvalue weighted by atomic mass is 9.92. The summed E-state index contributed by atoms with van der Waals surface area (Å²) in [6, 6.07) is -0.102. The number of ether oxygens (including phenoxy) is 1. The van der Waals surface area contributed by atoms with E-state index in [1.165, 1.54) is 0 Å². The summed E-state index contributed by atoms with van der Waals surface area (Å²) >= 11 is 0. The molecule has 1 aromatic rings. The van der Waals surface area contributed by atoms with E-state index in [1.54, 1.807) is 6.92 Å². The van der Waals surface area contributed by atoms with Crippen molar-refractivity contribution in [1.82, 2.24) is 15.0 Å². The van der Waals surface area contributed by atoms with Gasteiger partial charge in [0.1, 0.15) is 5.82 Å². The van der Waals surface area contributed by atoms with Crippen molar-refractivity contribution in [1.29, 1.82) is 0 Å². The molecule has 2 rings (SSSR count). The number of rotatable bonds is 3. The van der Waals surface area contributed by atoms with Crippen molar-refractivity contribution in [3.63, 3.8) is 0 Å². The molecular formula is C12H17N5O. The van der Waals surface area contributed by atoms with Crippen LogP contribution in [0.2, 0.25) is 0 Å². The molecule has 1 aromatic heterocycles. The third-order valence-corrected chi connectivity index (χ3v) is 2.97. The molecule has 3 N–H and O–H groups in total. The van der Waals surface area contributed by atoms with E-state index in [9.17, 15) is 0 Å². The standard InChI is InChI=1S/C12H17N5O/c1-3-10(9-4-6-18-7-5-9)16-12-15-8(2)14-11(13)17-12/h1,9-10H,4-7H2,2H3,(H3,13,14,15,16,17). The van der Waals surface area contributed by atoms with E-state index in [-0.39, 0.29) is 12.0 Å². The predicted molar refractivity (Wildman–Crippen MR) is 68.8 cm³/mol. The number of hydrogen-bond donors (Lipinski definition) is 2. The minimum atomic E-state index is -0.102. The Labute approximate surface area is 106 Å². The fourth-order valence-corrected chi connectivity index (χ4v) is 2.05. The molecule has 96 valence electrons. The minimum Gasteiger partial charge on any atom is -0.381 e. The Morgan fingerprint density at radius 1 is 1.39 bits per heavy atom. The largest absolute Gasteiger partial charge is 0.381 e. The summed E-state index contributed by atoms with van der Waals surface area (Å²) in [5, 5.41) is 3.15. The Morgan fingerprint density at radius 3 is 2.72 bits per heavy atom. The highest BCUT2D eigenvalue weighted by Gasteiger charge is 2.23. The van der Waals surface area contributed by atoms with Crippen LogP contribution in [-0.2, 0) is 4.74 Å². The third kappa shape index (κ3) is 3.08. The fraction of sp³-hybridized carbons (Fsp3) is 0.583. The molecule has 0 radical (unpaired) electrons. The summed E-state index contributed by atoms with van der Waals surface area (Å²) in [5.41, 5.74) is 5.58. The molecule has 1 aliphatic heterocycles. The minimum absolute atomic E-state index is 0.102. The molecule has 6 heteroatoms. The van der Waals surface area contributed by atoms with E-state index in [0.29, 0.717) is 17.7 Å². The number of nitrogens with two attached hydrogens (primary N) is 1. The van der Waals surface area contributed by atoms with Gasteiger partial charge in [0.05, 0.1) is 6.04 Å². The lowest BCUT2D eigenvalue weighted by Gasteiger charge is -2.27. The van der Waals surface area contributed by atoms with Crippen molar-refractivity contribution in [2.45, 2.75) is 25.8 Å². The van der Waals surface area contributed by atoms with Gasteiger partial charge in [0.25, 0.3) is 0 Å². The van der Waals surface area contributed by atoms with Crippen LogP contribution in [0, 0.1) is 25.2 Å². The summed E-state index contributed by atoms with van der Waals surface area (Å²) in [6.45, 7) is 3.27. The van der Waals surface area contributed by atoms with Crippen LogP contribution in [0.3, 0.4) is 0 Å². The zero-order chi connectivity index (χ0) is 13.0. The fourth-order valence-electron chi connectivity index (χ4n) is 2.05. The maximum Gasteiger partial charge on any atom is 0.228 e. The second-order valence-electron chi connectivity index (χ2n) is 4.30. The van der Waals surface area contributed by atoms with Crippen LogP contribution >= 0.6 is 0 Å². The van der Waals surface area contributed by atoms with Crippen molar-refractivity contribution >= 4 is 11.9 Å². The Hall–Kier alpha value is -1.87.